The van der Waals surface area contributed by atoms with Crippen LogP contribution in [0.2, 0.25) is 0 Å². The van der Waals surface area contributed by atoms with Gasteiger partial charge < -0.3 is 4.74 Å². The van der Waals surface area contributed by atoms with Crippen molar-refractivity contribution < 1.29 is 4.74 Å². The van der Waals surface area contributed by atoms with Crippen molar-refractivity contribution in [1.82, 2.24) is 0 Å². The fraction of sp³-hybridized carbons (Fsp3) is 0.875. The van der Waals surface area contributed by atoms with Crippen molar-refractivity contribution in [2.24, 2.45) is 0 Å². The zero-order chi connectivity index (χ0) is 8.41. The maximum absolute atomic E-state index is 4.88. The predicted molar refractivity (Wildman–Crippen MR) is 50.5 cm³/mol. The topological polar surface area (TPSA) is 9.23 Å². The van der Waals surface area contributed by atoms with Gasteiger partial charge in [0.15, 0.2) is 5.05 Å². The summed E-state index contributed by atoms with van der Waals surface area (Å²) in [4.78, 5) is 0. The van der Waals surface area contributed by atoms with E-state index in [0.29, 0.717) is 0 Å². The molecule has 0 N–H and O–H groups in total. The smallest absolute Gasteiger partial charge is 0.159 e. The minimum absolute atomic E-state index is 0.787. The normalized spacial score (nSPS) is 13.8. The van der Waals surface area contributed by atoms with Crippen molar-refractivity contribution in [3.8, 4) is 0 Å². The first-order valence-corrected chi connectivity index (χ1v) is 4.46. The molecular formula is C8H18OS. The predicted octanol–water partition coefficient (Wildman–Crippen LogP) is 3.18. The lowest BCUT2D eigenvalue weighted by Gasteiger charge is -1.85. The Bertz CT molecular complexity index is 63.7. The lowest BCUT2D eigenvalue weighted by molar-refractivity contribution is 0.351. The molecule has 0 unspecified atom stereocenters. The molecule has 0 radical (unpaired) electrons. The van der Waals surface area contributed by atoms with Crippen LogP contribution in [0.15, 0.2) is 0 Å². The molecule has 0 aromatic carbocycles. The Kier molecular flexibility index (Phi) is 14.6. The van der Waals surface area contributed by atoms with Gasteiger partial charge in [0.1, 0.15) is 0 Å². The van der Waals surface area contributed by atoms with E-state index < -0.39 is 0 Å². The summed E-state index contributed by atoms with van der Waals surface area (Å²) in [5, 5.41) is 0.787. The van der Waals surface area contributed by atoms with Crippen LogP contribution in [-0.4, -0.2) is 11.7 Å². The third-order valence-electron chi connectivity index (χ3n) is 0.788. The summed E-state index contributed by atoms with van der Waals surface area (Å²) >= 11 is 4.70. The summed E-state index contributed by atoms with van der Waals surface area (Å²) in [5.41, 5.74) is 0. The van der Waals surface area contributed by atoms with Crippen molar-refractivity contribution in [3.05, 3.63) is 0 Å². The first-order valence-electron chi connectivity index (χ1n) is 4.05. The number of hydrogen-bond acceptors (Lipinski definition) is 2. The van der Waals surface area contributed by atoms with Crippen molar-refractivity contribution in [1.29, 1.82) is 0 Å². The Labute approximate surface area is 69.8 Å². The largest absolute Gasteiger partial charge is 0.487 e. The van der Waals surface area contributed by atoms with E-state index in [1.54, 1.807) is 0 Å². The third kappa shape index (κ3) is 7.89. The molecule has 62 valence electrons. The van der Waals surface area contributed by atoms with Gasteiger partial charge in [-0.3, -0.25) is 0 Å². The van der Waals surface area contributed by atoms with Gasteiger partial charge in [0.25, 0.3) is 0 Å². The van der Waals surface area contributed by atoms with Gasteiger partial charge in [-0.2, -0.15) is 0 Å². The van der Waals surface area contributed by atoms with Gasteiger partial charge in [-0.25, -0.2) is 0 Å². The summed E-state index contributed by atoms with van der Waals surface area (Å²) in [6.07, 6.45) is 2.12. The van der Waals surface area contributed by atoms with Crippen LogP contribution >= 0.6 is 12.2 Å². The molecule has 0 bridgehead atoms. The molecule has 1 nitrogen and oxygen atoms in total. The molecule has 0 saturated carbocycles. The second-order valence-electron chi connectivity index (χ2n) is 1.32. The van der Waals surface area contributed by atoms with Crippen LogP contribution in [0.1, 0.15) is 40.5 Å². The quantitative estimate of drug-likeness (QED) is 0.506. The highest BCUT2D eigenvalue weighted by molar-refractivity contribution is 7.80. The van der Waals surface area contributed by atoms with Crippen molar-refractivity contribution in [3.63, 3.8) is 0 Å². The first-order chi connectivity index (χ1) is 4.89. The minimum atomic E-state index is 0.787. The Morgan fingerprint density at radius 1 is 1.20 bits per heavy atom. The van der Waals surface area contributed by atoms with Gasteiger partial charge in [0.05, 0.1) is 6.61 Å². The van der Waals surface area contributed by atoms with Gasteiger partial charge in [-0.05, 0) is 18.6 Å². The molecule has 1 aliphatic rings. The monoisotopic (exact) mass is 162 g/mol. The Morgan fingerprint density at radius 3 is 1.80 bits per heavy atom. The molecule has 0 spiro atoms. The molecule has 0 atom stereocenters. The van der Waals surface area contributed by atoms with E-state index in [1.165, 1.54) is 0 Å². The highest BCUT2D eigenvalue weighted by Crippen LogP contribution is 2.03. The zero-order valence-electron chi connectivity index (χ0n) is 7.44. The standard InChI is InChI=1S/C4H6OS.2C2H6/c6-4-2-1-3-5-4;2*1-2/h1-3H2;2*1-2H3. The molecule has 1 fully saturated rings. The second-order valence-corrected chi connectivity index (χ2v) is 1.78. The zero-order valence-corrected chi connectivity index (χ0v) is 8.25. The van der Waals surface area contributed by atoms with Gasteiger partial charge >= 0.3 is 0 Å². The molecule has 1 saturated heterocycles. The molecule has 0 aromatic rings. The molecule has 10 heavy (non-hydrogen) atoms. The van der Waals surface area contributed by atoms with E-state index in [4.69, 9.17) is 17.0 Å². The van der Waals surface area contributed by atoms with Crippen LogP contribution in [0.5, 0.6) is 0 Å². The van der Waals surface area contributed by atoms with Crippen LogP contribution in [0.25, 0.3) is 0 Å². The number of thiocarbonyl (C=S) groups is 1. The lowest BCUT2D eigenvalue weighted by atomic mass is 10.4. The van der Waals surface area contributed by atoms with E-state index in [1.807, 2.05) is 27.7 Å². The van der Waals surface area contributed by atoms with Gasteiger partial charge in [0, 0.05) is 6.42 Å². The highest BCUT2D eigenvalue weighted by Gasteiger charge is 2.03. The summed E-state index contributed by atoms with van der Waals surface area (Å²) < 4.78 is 4.88. The molecular weight excluding hydrogens is 144 g/mol. The van der Waals surface area contributed by atoms with Crippen molar-refractivity contribution >= 4 is 17.3 Å². The maximum atomic E-state index is 4.88. The molecule has 1 rings (SSSR count). The third-order valence-corrected chi connectivity index (χ3v) is 1.11. The van der Waals surface area contributed by atoms with Crippen LogP contribution < -0.4 is 0 Å². The van der Waals surface area contributed by atoms with E-state index in [2.05, 4.69) is 0 Å². The highest BCUT2D eigenvalue weighted by atomic mass is 32.1. The van der Waals surface area contributed by atoms with E-state index in [9.17, 15) is 0 Å². The van der Waals surface area contributed by atoms with E-state index in [-0.39, 0.29) is 0 Å². The number of ether oxygens (including phenoxy) is 1. The van der Waals surface area contributed by atoms with E-state index >= 15 is 0 Å². The molecule has 0 aliphatic carbocycles. The van der Waals surface area contributed by atoms with Crippen molar-refractivity contribution in [2.45, 2.75) is 40.5 Å². The van der Waals surface area contributed by atoms with Gasteiger partial charge in [-0.1, -0.05) is 27.7 Å². The molecule has 0 aromatic heterocycles. The summed E-state index contributed by atoms with van der Waals surface area (Å²) in [6, 6.07) is 0. The van der Waals surface area contributed by atoms with Crippen LogP contribution in [-0.2, 0) is 4.74 Å². The average Bonchev–Trinajstić information content (AvgIpc) is 2.48. The fourth-order valence-electron chi connectivity index (χ4n) is 0.475. The van der Waals surface area contributed by atoms with Crippen molar-refractivity contribution in [2.75, 3.05) is 6.61 Å². The second kappa shape index (κ2) is 11.7. The molecule has 1 heterocycles. The van der Waals surface area contributed by atoms with Crippen LogP contribution in [0.4, 0.5) is 0 Å². The fourth-order valence-corrected chi connectivity index (χ4v) is 0.702. The Balaban J connectivity index is 0. The molecule has 2 heteroatoms. The Morgan fingerprint density at radius 2 is 1.70 bits per heavy atom. The molecule has 1 aliphatic heterocycles. The number of rotatable bonds is 0. The minimum Gasteiger partial charge on any atom is -0.487 e. The number of hydrogen-bond donors (Lipinski definition) is 0. The summed E-state index contributed by atoms with van der Waals surface area (Å²) in [7, 11) is 0. The first kappa shape index (κ1) is 12.6. The lowest BCUT2D eigenvalue weighted by Crippen LogP contribution is -1.84. The van der Waals surface area contributed by atoms with Gasteiger partial charge in [-0.15, -0.1) is 0 Å². The SMILES string of the molecule is CC.CC.S=C1CCCO1. The van der Waals surface area contributed by atoms with Gasteiger partial charge in [0.2, 0.25) is 0 Å². The molecule has 0 amide bonds. The summed E-state index contributed by atoms with van der Waals surface area (Å²) in [5.74, 6) is 0. The summed E-state index contributed by atoms with van der Waals surface area (Å²) in [6.45, 7) is 8.85. The average molecular weight is 162 g/mol. The van der Waals surface area contributed by atoms with Crippen LogP contribution in [0.3, 0.4) is 0 Å². The van der Waals surface area contributed by atoms with E-state index in [0.717, 1.165) is 24.5 Å². The maximum Gasteiger partial charge on any atom is 0.159 e. The Hall–Kier alpha value is -0.110. The van der Waals surface area contributed by atoms with Crippen LogP contribution in [0, 0.1) is 0 Å².